The molecule has 11 aromatic rings. The minimum absolute atomic E-state index is 0.00595. The summed E-state index contributed by atoms with van der Waals surface area (Å²) in [7, 11) is 0. The summed E-state index contributed by atoms with van der Waals surface area (Å²) in [4.78, 5) is 13.0. The largest absolute Gasteiger partial charge is 0.308 e. The number of hydrogen-bond acceptors (Lipinski definition) is 4. The van der Waals surface area contributed by atoms with Gasteiger partial charge in [0, 0.05) is 58.4 Å². The van der Waals surface area contributed by atoms with Crippen LogP contribution in [0.1, 0.15) is 39.8 Å². The predicted molar refractivity (Wildman–Crippen MR) is 214 cm³/mol. The van der Waals surface area contributed by atoms with Crippen molar-refractivity contribution in [3.63, 3.8) is 0 Å². The standard InChI is InChI=1S/C46H28N4S/c1-27-11-9-15-31(23-27)45-47-44(28-12-3-2-4-13-28)48-46(49-45)32-16-10-14-29(24-32)30-21-22-39-35(25-30)36-26-37-33-17-6-8-20-40(33)51-43(37)41-34-18-5-7-19-38(34)50(39)42(36)41/h2-26H,1H3/i2D,3D,4D,5D,6D,7D,8D,9D,10D,11D,12D,13D,14D,15D,16D,17D,18D,19D,20D,21D,22D,23D,24D,25D,26D. The van der Waals surface area contributed by atoms with Gasteiger partial charge in [0.25, 0.3) is 0 Å². The lowest BCUT2D eigenvalue weighted by atomic mass is 9.99. The summed E-state index contributed by atoms with van der Waals surface area (Å²) in [6.07, 6.45) is 0. The van der Waals surface area contributed by atoms with Gasteiger partial charge in [0.2, 0.25) is 0 Å². The molecule has 0 N–H and O–H groups in total. The van der Waals surface area contributed by atoms with Crippen molar-refractivity contribution >= 4 is 69.6 Å². The first-order valence-electron chi connectivity index (χ1n) is 27.7. The summed E-state index contributed by atoms with van der Waals surface area (Å²) in [5, 5.41) is -0.837. The van der Waals surface area contributed by atoms with Gasteiger partial charge in [-0.15, -0.1) is 11.3 Å². The summed E-state index contributed by atoms with van der Waals surface area (Å²) in [6, 6.07) is -18.0. The van der Waals surface area contributed by atoms with Crippen LogP contribution in [0.5, 0.6) is 0 Å². The molecular weight excluding hydrogens is 641 g/mol. The van der Waals surface area contributed by atoms with E-state index in [-0.39, 0.29) is 63.8 Å². The van der Waals surface area contributed by atoms with Crippen molar-refractivity contribution in [1.82, 2.24) is 19.4 Å². The maximum atomic E-state index is 9.97. The SMILES string of the molecule is [2H]c1c([2H])c([2H])c(-c2nc(-c3c([2H])c([2H])c([2H])c(C)c3[2H])nc(-c3c([2H])c([2H])c([2H])c(-c4c([2H])c([2H])c5c(c4[2H])c4c([2H])c6c(sc7c([2H])c([2H])c([2H])c([2H])c76)c6c7c([2H])c([2H])c([2H])c([2H])c7n5c46)c3[2H])n2)c([2H])c1[2H]. The van der Waals surface area contributed by atoms with E-state index in [0.717, 1.165) is 11.3 Å². The Bertz CT molecular complexity index is 4460. The highest BCUT2D eigenvalue weighted by Crippen LogP contribution is 2.48. The van der Waals surface area contributed by atoms with Gasteiger partial charge in [-0.2, -0.15) is 0 Å². The summed E-state index contributed by atoms with van der Waals surface area (Å²) in [6.45, 7) is 1.31. The number of hydrogen-bond donors (Lipinski definition) is 0. The maximum Gasteiger partial charge on any atom is 0.164 e. The number of nitrogens with zero attached hydrogens (tertiary/aromatic N) is 4. The van der Waals surface area contributed by atoms with E-state index in [2.05, 4.69) is 15.0 Å². The zero-order chi connectivity index (χ0) is 55.4. The van der Waals surface area contributed by atoms with Crippen LogP contribution in [0.3, 0.4) is 0 Å². The number of benzene rings is 7. The van der Waals surface area contributed by atoms with Crippen LogP contribution in [0.4, 0.5) is 0 Å². The monoisotopic (exact) mass is 693 g/mol. The Kier molecular flexibility index (Phi) is 2.83. The quantitative estimate of drug-likeness (QED) is 0.184. The lowest BCUT2D eigenvalue weighted by Crippen LogP contribution is -2.00. The first kappa shape index (κ1) is 13.4. The fourth-order valence-corrected chi connectivity index (χ4v) is 7.35. The minimum atomic E-state index is -0.972. The fraction of sp³-hybridized carbons (Fsp3) is 0.0217. The molecule has 11 rings (SSSR count). The Morgan fingerprint density at radius 3 is 1.94 bits per heavy atom. The molecule has 0 aliphatic carbocycles. The van der Waals surface area contributed by atoms with Crippen molar-refractivity contribution in [2.75, 3.05) is 0 Å². The van der Waals surface area contributed by atoms with Crippen molar-refractivity contribution in [1.29, 1.82) is 0 Å². The van der Waals surface area contributed by atoms with Gasteiger partial charge in [-0.3, -0.25) is 0 Å². The third-order valence-corrected chi connectivity index (χ3v) is 9.47. The second-order valence-electron chi connectivity index (χ2n) is 11.3. The number of thiophene rings is 1. The van der Waals surface area contributed by atoms with Gasteiger partial charge in [0.1, 0.15) is 0 Å². The number of rotatable bonds is 4. The molecule has 0 fully saturated rings. The molecule has 0 unspecified atom stereocenters. The van der Waals surface area contributed by atoms with Crippen LogP contribution in [0.25, 0.3) is 104 Å². The van der Waals surface area contributed by atoms with Crippen LogP contribution in [0.2, 0.25) is 0 Å². The van der Waals surface area contributed by atoms with E-state index in [4.69, 9.17) is 24.7 Å². The zero-order valence-electron chi connectivity index (χ0n) is 50.7. The first-order chi connectivity index (χ1) is 35.6. The molecule has 5 heteroatoms. The third-order valence-electron chi connectivity index (χ3n) is 8.35. The molecule has 7 aromatic carbocycles. The minimum Gasteiger partial charge on any atom is -0.308 e. The molecule has 0 spiro atoms. The summed E-state index contributed by atoms with van der Waals surface area (Å²) < 4.78 is 225. The number of aromatic nitrogens is 4. The predicted octanol–water partition coefficient (Wildman–Crippen LogP) is 12.4. The molecule has 0 saturated heterocycles. The molecule has 0 aliphatic heterocycles. The second kappa shape index (κ2) is 10.8. The molecular formula is C46H28N4S. The topological polar surface area (TPSA) is 43.1 Å². The molecule has 4 heterocycles. The Hall–Kier alpha value is -6.43. The van der Waals surface area contributed by atoms with E-state index in [0.29, 0.717) is 0 Å². The second-order valence-corrected chi connectivity index (χ2v) is 12.3. The lowest BCUT2D eigenvalue weighted by Gasteiger charge is -2.10. The first-order valence-corrected chi connectivity index (χ1v) is 16.0. The van der Waals surface area contributed by atoms with E-state index in [1.165, 1.54) is 11.3 Å². The molecule has 238 valence electrons. The van der Waals surface area contributed by atoms with Gasteiger partial charge < -0.3 is 4.40 Å². The molecule has 51 heavy (non-hydrogen) atoms. The lowest BCUT2D eigenvalue weighted by molar-refractivity contribution is 1.07. The van der Waals surface area contributed by atoms with Crippen molar-refractivity contribution < 1.29 is 34.3 Å². The van der Waals surface area contributed by atoms with Gasteiger partial charge >= 0.3 is 0 Å². The average molecular weight is 694 g/mol. The van der Waals surface area contributed by atoms with Crippen molar-refractivity contribution in [2.24, 2.45) is 0 Å². The third kappa shape index (κ3) is 4.28. The number of fused-ring (bicyclic) bond motifs is 10. The highest BCUT2D eigenvalue weighted by atomic mass is 32.1. The molecule has 0 aliphatic rings. The van der Waals surface area contributed by atoms with Crippen LogP contribution in [0, 0.1) is 6.92 Å². The summed E-state index contributed by atoms with van der Waals surface area (Å²) >= 11 is 0.842. The van der Waals surface area contributed by atoms with E-state index in [1.54, 1.807) is 0 Å². The van der Waals surface area contributed by atoms with Crippen molar-refractivity contribution in [3.05, 3.63) is 157 Å². The highest BCUT2D eigenvalue weighted by molar-refractivity contribution is 7.26. The van der Waals surface area contributed by atoms with Crippen LogP contribution in [0.15, 0.2) is 151 Å². The Labute approximate surface area is 332 Å². The maximum absolute atomic E-state index is 9.97. The Balaban J connectivity index is 1.31. The molecule has 0 bridgehead atoms. The molecule has 0 saturated carbocycles. The zero-order valence-corrected chi connectivity index (χ0v) is 26.5. The summed E-state index contributed by atoms with van der Waals surface area (Å²) in [5.41, 5.74) is -4.09. The van der Waals surface area contributed by atoms with Gasteiger partial charge in [-0.25, -0.2) is 15.0 Å². The van der Waals surface area contributed by atoms with Crippen LogP contribution < -0.4 is 0 Å². The fourth-order valence-electron chi connectivity index (χ4n) is 6.23. The van der Waals surface area contributed by atoms with Gasteiger partial charge in [-0.1, -0.05) is 114 Å². The van der Waals surface area contributed by atoms with E-state index >= 15 is 0 Å². The molecule has 4 nitrogen and oxygen atoms in total. The van der Waals surface area contributed by atoms with Crippen molar-refractivity contribution in [3.8, 4) is 45.3 Å². The highest BCUT2D eigenvalue weighted by Gasteiger charge is 2.22. The van der Waals surface area contributed by atoms with Gasteiger partial charge in [-0.05, 0) is 60.3 Å². The molecule has 0 atom stereocenters. The molecule has 0 radical (unpaired) electrons. The van der Waals surface area contributed by atoms with E-state index < -0.39 is 196 Å². The Morgan fingerprint density at radius 2 is 1.10 bits per heavy atom. The van der Waals surface area contributed by atoms with E-state index in [1.807, 2.05) is 0 Å². The average Bonchev–Trinajstić information content (AvgIpc) is 4.07. The van der Waals surface area contributed by atoms with E-state index in [9.17, 15) is 9.60 Å². The van der Waals surface area contributed by atoms with Gasteiger partial charge in [0.15, 0.2) is 17.5 Å². The number of para-hydroxylation sites is 1. The van der Waals surface area contributed by atoms with Crippen LogP contribution >= 0.6 is 11.3 Å². The van der Waals surface area contributed by atoms with Crippen LogP contribution in [-0.2, 0) is 0 Å². The van der Waals surface area contributed by atoms with Crippen molar-refractivity contribution in [2.45, 2.75) is 6.92 Å². The normalized spacial score (nSPS) is 18.9. The Morgan fingerprint density at radius 1 is 0.471 bits per heavy atom. The smallest absolute Gasteiger partial charge is 0.164 e. The van der Waals surface area contributed by atoms with Gasteiger partial charge in [0.05, 0.1) is 50.8 Å². The molecule has 4 aromatic heterocycles. The van der Waals surface area contributed by atoms with Crippen LogP contribution in [-0.4, -0.2) is 19.4 Å². The molecule has 0 amide bonds. The summed E-state index contributed by atoms with van der Waals surface area (Å²) in [5.74, 6) is -2.19.